The first-order valence-corrected chi connectivity index (χ1v) is 15.1. The number of aryl methyl sites for hydroxylation is 2. The number of rotatable bonds is 7. The molecule has 2 heterocycles. The average Bonchev–Trinajstić information content (AvgIpc) is 2.95. The normalized spacial score (nSPS) is 24.7. The van der Waals surface area contributed by atoms with Crippen molar-refractivity contribution >= 4 is 28.5 Å². The predicted octanol–water partition coefficient (Wildman–Crippen LogP) is 4.87. The Hall–Kier alpha value is -3.95. The molecule has 1 aromatic heterocycles. The summed E-state index contributed by atoms with van der Waals surface area (Å²) >= 11 is 0. The van der Waals surface area contributed by atoms with E-state index in [-0.39, 0.29) is 29.5 Å². The molecule has 4 fully saturated rings. The smallest absolute Gasteiger partial charge is 0.303 e. The van der Waals surface area contributed by atoms with Gasteiger partial charge in [-0.2, -0.15) is 0 Å². The summed E-state index contributed by atoms with van der Waals surface area (Å²) in [6, 6.07) is 10.4. The van der Waals surface area contributed by atoms with Gasteiger partial charge in [0.05, 0.1) is 43.5 Å². The van der Waals surface area contributed by atoms with Gasteiger partial charge in [0.1, 0.15) is 17.7 Å². The second-order valence-electron chi connectivity index (χ2n) is 12.9. The highest BCUT2D eigenvalue weighted by Crippen LogP contribution is 2.61. The molecule has 4 atom stereocenters. The van der Waals surface area contributed by atoms with E-state index in [1.807, 2.05) is 12.1 Å². The number of nitrogens with one attached hydrogen (secondary N) is 1. The van der Waals surface area contributed by atoms with Crippen LogP contribution in [0.1, 0.15) is 46.1 Å². The van der Waals surface area contributed by atoms with Gasteiger partial charge < -0.3 is 19.7 Å². The molecule has 4 aliphatic rings. The summed E-state index contributed by atoms with van der Waals surface area (Å²) in [4.78, 5) is 36.6. The fraction of sp³-hybridized carbons (Fsp3) is 0.515. The number of benzene rings is 2. The zero-order chi connectivity index (χ0) is 30.5. The van der Waals surface area contributed by atoms with E-state index in [1.165, 1.54) is 37.4 Å². The zero-order valence-corrected chi connectivity index (χ0v) is 25.5. The summed E-state index contributed by atoms with van der Waals surface area (Å²) in [7, 11) is 1.50. The average molecular weight is 590 g/mol. The summed E-state index contributed by atoms with van der Waals surface area (Å²) in [6.07, 6.45) is 4.07. The van der Waals surface area contributed by atoms with Crippen molar-refractivity contribution in [1.29, 1.82) is 0 Å². The van der Waals surface area contributed by atoms with Crippen LogP contribution in [0.15, 0.2) is 52.5 Å². The van der Waals surface area contributed by atoms with E-state index in [0.717, 1.165) is 18.1 Å². The molecular formula is C33H40FN5O4. The zero-order valence-electron chi connectivity index (χ0n) is 25.5. The van der Waals surface area contributed by atoms with Crippen LogP contribution in [0.5, 0.6) is 5.75 Å². The molecule has 2 bridgehead atoms. The van der Waals surface area contributed by atoms with Crippen LogP contribution in [0.25, 0.3) is 10.9 Å². The number of likely N-dealkylation sites (tertiary alicyclic amines) is 1. The highest BCUT2D eigenvalue weighted by Gasteiger charge is 2.56. The Bertz CT molecular complexity index is 1630. The van der Waals surface area contributed by atoms with Crippen molar-refractivity contribution in [3.05, 3.63) is 64.5 Å². The Labute approximate surface area is 251 Å². The maximum atomic E-state index is 14.4. The molecule has 7 rings (SSSR count). The summed E-state index contributed by atoms with van der Waals surface area (Å²) in [5, 5.41) is 3.99. The van der Waals surface area contributed by atoms with Gasteiger partial charge in [0, 0.05) is 25.2 Å². The van der Waals surface area contributed by atoms with Crippen LogP contribution in [-0.2, 0) is 22.5 Å². The molecule has 2 aromatic carbocycles. The van der Waals surface area contributed by atoms with E-state index in [4.69, 9.17) is 14.5 Å². The first-order chi connectivity index (χ1) is 20.5. The lowest BCUT2D eigenvalue weighted by Gasteiger charge is -2.61. The molecule has 3 saturated carbocycles. The summed E-state index contributed by atoms with van der Waals surface area (Å²) in [6.45, 7) is 9.98. The number of carbonyl (C=O) groups is 1. The lowest BCUT2D eigenvalue weighted by molar-refractivity contribution is -0.152. The maximum Gasteiger partial charge on any atom is 0.303 e. The minimum atomic E-state index is -0.362. The van der Waals surface area contributed by atoms with E-state index in [2.05, 4.69) is 36.0 Å². The quantitative estimate of drug-likeness (QED) is 0.239. The Balaban J connectivity index is 1.20. The van der Waals surface area contributed by atoms with Crippen molar-refractivity contribution in [2.75, 3.05) is 25.5 Å². The fourth-order valence-electron chi connectivity index (χ4n) is 7.19. The van der Waals surface area contributed by atoms with Gasteiger partial charge in [-0.15, -0.1) is 0 Å². The van der Waals surface area contributed by atoms with Crippen LogP contribution in [0.2, 0.25) is 0 Å². The number of ether oxygens (including phenoxy) is 2. The third kappa shape index (κ3) is 5.59. The number of carbonyl (C=O) groups excluding carboxylic acids is 1. The van der Waals surface area contributed by atoms with Gasteiger partial charge in [-0.05, 0) is 72.3 Å². The summed E-state index contributed by atoms with van der Waals surface area (Å²) < 4.78 is 26.4. The van der Waals surface area contributed by atoms with Crippen LogP contribution in [0, 0.1) is 29.0 Å². The molecule has 228 valence electrons. The topological polar surface area (TPSA) is 98.0 Å². The second-order valence-corrected chi connectivity index (χ2v) is 12.9. The summed E-state index contributed by atoms with van der Waals surface area (Å²) in [5.41, 5.74) is 2.05. The fourth-order valence-corrected chi connectivity index (χ4v) is 7.19. The lowest BCUT2D eigenvalue weighted by atomic mass is 9.45. The van der Waals surface area contributed by atoms with E-state index in [9.17, 15) is 14.0 Å². The number of aliphatic imine (C=N–C) groups is 1. The van der Waals surface area contributed by atoms with E-state index in [0.29, 0.717) is 71.4 Å². The van der Waals surface area contributed by atoms with Crippen molar-refractivity contribution in [1.82, 2.24) is 14.5 Å². The van der Waals surface area contributed by atoms with E-state index in [1.54, 1.807) is 18.2 Å². The number of esters is 1. The minimum Gasteiger partial charge on any atom is -0.497 e. The van der Waals surface area contributed by atoms with Gasteiger partial charge in [0.25, 0.3) is 5.56 Å². The molecule has 0 amide bonds. The second kappa shape index (κ2) is 11.3. The molecule has 1 unspecified atom stereocenters. The highest BCUT2D eigenvalue weighted by atomic mass is 19.1. The molecule has 1 N–H and O–H groups in total. The Morgan fingerprint density at radius 3 is 2.65 bits per heavy atom. The molecule has 43 heavy (non-hydrogen) atoms. The number of hydrogen-bond acceptors (Lipinski definition) is 6. The number of aromatic nitrogens is 2. The molecular weight excluding hydrogens is 549 g/mol. The van der Waals surface area contributed by atoms with Crippen molar-refractivity contribution in [2.45, 2.75) is 65.6 Å². The SMILES string of the molecule is COc1ccc(CCn2cnc3cc(NC(=NC4C[C@@H]5C[C@H]([C@@H]4C)C5(C)C)N4CC(OC(C)=O)C4)ccc3c2=O)c(F)c1. The van der Waals surface area contributed by atoms with Gasteiger partial charge in [0.15, 0.2) is 5.96 Å². The van der Waals surface area contributed by atoms with Crippen molar-refractivity contribution < 1.29 is 18.7 Å². The molecule has 3 aliphatic carbocycles. The van der Waals surface area contributed by atoms with Crippen LogP contribution in [-0.4, -0.2) is 58.7 Å². The number of fused-ring (bicyclic) bond motifs is 3. The minimum absolute atomic E-state index is 0.149. The summed E-state index contributed by atoms with van der Waals surface area (Å²) in [5.74, 6) is 2.40. The number of guanidine groups is 1. The number of anilines is 1. The molecule has 3 aromatic rings. The third-order valence-electron chi connectivity index (χ3n) is 10.0. The van der Waals surface area contributed by atoms with E-state index >= 15 is 0 Å². The standard InChI is InChI=1S/C33H40FN5O4/c1-19-27-12-22(33(27,3)4)13-29(19)37-32(39-16-25(17-39)43-20(2)40)36-23-7-9-26-30(14-23)35-18-38(31(26)41)11-10-21-6-8-24(42-5)15-28(21)34/h6-9,14-15,18-19,22,25,27,29H,10-13,16-17H2,1-5H3,(H,36,37)/t19-,22-,27+,29?/m0/s1. The Kier molecular flexibility index (Phi) is 7.64. The van der Waals surface area contributed by atoms with Crippen LogP contribution >= 0.6 is 0 Å². The lowest BCUT2D eigenvalue weighted by Crippen LogP contribution is -2.59. The van der Waals surface area contributed by atoms with E-state index < -0.39 is 0 Å². The highest BCUT2D eigenvalue weighted by molar-refractivity contribution is 5.96. The van der Waals surface area contributed by atoms with Crippen molar-refractivity contribution in [2.24, 2.45) is 28.2 Å². The first kappa shape index (κ1) is 29.1. The van der Waals surface area contributed by atoms with Crippen LogP contribution in [0.3, 0.4) is 0 Å². The van der Waals surface area contributed by atoms with Crippen molar-refractivity contribution in [3.8, 4) is 5.75 Å². The number of nitrogens with zero attached hydrogens (tertiary/aromatic N) is 4. The Morgan fingerprint density at radius 1 is 1.19 bits per heavy atom. The number of halogens is 1. The van der Waals surface area contributed by atoms with Gasteiger partial charge in [-0.25, -0.2) is 14.4 Å². The number of methoxy groups -OCH3 is 1. The molecule has 1 saturated heterocycles. The van der Waals surface area contributed by atoms with Gasteiger partial charge >= 0.3 is 5.97 Å². The Morgan fingerprint density at radius 2 is 1.98 bits per heavy atom. The largest absolute Gasteiger partial charge is 0.497 e. The monoisotopic (exact) mass is 589 g/mol. The third-order valence-corrected chi connectivity index (χ3v) is 10.0. The number of hydrogen-bond donors (Lipinski definition) is 1. The molecule has 0 spiro atoms. The first-order valence-electron chi connectivity index (χ1n) is 15.1. The molecule has 1 aliphatic heterocycles. The van der Waals surface area contributed by atoms with Gasteiger partial charge in [-0.3, -0.25) is 14.2 Å². The van der Waals surface area contributed by atoms with Crippen molar-refractivity contribution in [3.63, 3.8) is 0 Å². The molecule has 9 nitrogen and oxygen atoms in total. The van der Waals surface area contributed by atoms with Gasteiger partial charge in [-0.1, -0.05) is 26.8 Å². The molecule has 10 heteroatoms. The van der Waals surface area contributed by atoms with Crippen LogP contribution in [0.4, 0.5) is 10.1 Å². The van der Waals surface area contributed by atoms with Gasteiger partial charge in [0.2, 0.25) is 0 Å². The molecule has 0 radical (unpaired) electrons. The maximum absolute atomic E-state index is 14.4. The van der Waals surface area contributed by atoms with Crippen LogP contribution < -0.4 is 15.6 Å². The predicted molar refractivity (Wildman–Crippen MR) is 164 cm³/mol.